The maximum Gasteiger partial charge on any atom is 0.124 e. The summed E-state index contributed by atoms with van der Waals surface area (Å²) in [6.07, 6.45) is 1.55. The van der Waals surface area contributed by atoms with E-state index >= 15 is 0 Å². The predicted octanol–water partition coefficient (Wildman–Crippen LogP) is 1.69. The molecular formula is C11H18N4S. The zero-order valence-electron chi connectivity index (χ0n) is 10.2. The van der Waals surface area contributed by atoms with Gasteiger partial charge in [0.15, 0.2) is 0 Å². The lowest BCUT2D eigenvalue weighted by Crippen LogP contribution is -2.22. The summed E-state index contributed by atoms with van der Waals surface area (Å²) in [5, 5.41) is 5.27. The zero-order chi connectivity index (χ0) is 12.1. The van der Waals surface area contributed by atoms with E-state index in [1.165, 1.54) is 0 Å². The van der Waals surface area contributed by atoms with Crippen molar-refractivity contribution in [2.45, 2.75) is 6.92 Å². The van der Waals surface area contributed by atoms with Crippen molar-refractivity contribution in [3.63, 3.8) is 0 Å². The Hall–Kier alpha value is -1.23. The van der Waals surface area contributed by atoms with Crippen molar-refractivity contribution in [1.82, 2.24) is 10.2 Å². The van der Waals surface area contributed by atoms with Crippen LogP contribution in [0.15, 0.2) is 33.5 Å². The van der Waals surface area contributed by atoms with Crippen molar-refractivity contribution in [2.24, 2.45) is 9.98 Å². The first-order valence-electron chi connectivity index (χ1n) is 5.16. The van der Waals surface area contributed by atoms with E-state index in [0.717, 1.165) is 28.0 Å². The number of thioether (sulfide) groups is 1. The van der Waals surface area contributed by atoms with Crippen LogP contribution in [0.2, 0.25) is 0 Å². The molecule has 4 nitrogen and oxygen atoms in total. The number of nitrogens with zero attached hydrogens (tertiary/aromatic N) is 3. The minimum Gasteiger partial charge on any atom is -0.384 e. The SMILES string of the molecule is C=C/N=C1/C(NC)=C(N(C)CC)S/C1=N/C. The number of allylic oxidation sites excluding steroid dienone is 1. The minimum atomic E-state index is 0.875. The molecule has 0 saturated carbocycles. The molecule has 0 aliphatic carbocycles. The molecule has 0 aromatic heterocycles. The van der Waals surface area contributed by atoms with Gasteiger partial charge in [0.1, 0.15) is 15.8 Å². The van der Waals surface area contributed by atoms with Crippen molar-refractivity contribution in [2.75, 3.05) is 27.7 Å². The van der Waals surface area contributed by atoms with Gasteiger partial charge in [-0.2, -0.15) is 0 Å². The van der Waals surface area contributed by atoms with E-state index in [4.69, 9.17) is 0 Å². The summed E-state index contributed by atoms with van der Waals surface area (Å²) in [4.78, 5) is 10.7. The third-order valence-corrected chi connectivity index (χ3v) is 3.62. The van der Waals surface area contributed by atoms with Gasteiger partial charge in [-0.1, -0.05) is 6.58 Å². The van der Waals surface area contributed by atoms with Gasteiger partial charge in [-0.05, 0) is 18.7 Å². The molecule has 0 radical (unpaired) electrons. The lowest BCUT2D eigenvalue weighted by molar-refractivity contribution is 0.468. The first-order chi connectivity index (χ1) is 7.69. The van der Waals surface area contributed by atoms with Crippen LogP contribution < -0.4 is 5.32 Å². The summed E-state index contributed by atoms with van der Waals surface area (Å²) >= 11 is 1.64. The van der Waals surface area contributed by atoms with Crippen LogP contribution in [0.3, 0.4) is 0 Å². The Kier molecular flexibility index (Phi) is 4.61. The second kappa shape index (κ2) is 5.75. The third-order valence-electron chi connectivity index (χ3n) is 2.34. The normalized spacial score (nSPS) is 20.8. The summed E-state index contributed by atoms with van der Waals surface area (Å²) in [6, 6.07) is 0. The van der Waals surface area contributed by atoms with E-state index in [1.807, 2.05) is 7.05 Å². The van der Waals surface area contributed by atoms with Crippen LogP contribution in [0, 0.1) is 0 Å². The van der Waals surface area contributed by atoms with Crippen LogP contribution in [0.1, 0.15) is 6.92 Å². The fourth-order valence-corrected chi connectivity index (χ4v) is 2.51. The highest BCUT2D eigenvalue weighted by atomic mass is 32.2. The molecule has 0 aromatic rings. The molecule has 0 unspecified atom stereocenters. The fraction of sp³-hybridized carbons (Fsp3) is 0.455. The van der Waals surface area contributed by atoms with E-state index in [0.29, 0.717) is 0 Å². The van der Waals surface area contributed by atoms with Gasteiger partial charge >= 0.3 is 0 Å². The lowest BCUT2D eigenvalue weighted by atomic mass is 10.3. The molecule has 16 heavy (non-hydrogen) atoms. The second-order valence-electron chi connectivity index (χ2n) is 3.24. The Morgan fingerprint density at radius 1 is 1.56 bits per heavy atom. The summed E-state index contributed by atoms with van der Waals surface area (Å²) in [6.45, 7) is 6.70. The van der Waals surface area contributed by atoms with Gasteiger partial charge in [-0.15, -0.1) is 0 Å². The number of nitrogens with one attached hydrogen (secondary N) is 1. The van der Waals surface area contributed by atoms with Crippen molar-refractivity contribution in [1.29, 1.82) is 0 Å². The predicted molar refractivity (Wildman–Crippen MR) is 73.0 cm³/mol. The van der Waals surface area contributed by atoms with Gasteiger partial charge in [-0.25, -0.2) is 0 Å². The zero-order valence-corrected chi connectivity index (χ0v) is 11.1. The van der Waals surface area contributed by atoms with Gasteiger partial charge in [0, 0.05) is 33.9 Å². The molecule has 1 heterocycles. The molecule has 1 rings (SSSR count). The number of hydrogen-bond donors (Lipinski definition) is 1. The first kappa shape index (κ1) is 12.8. The molecule has 0 aromatic carbocycles. The average Bonchev–Trinajstić information content (AvgIpc) is 2.66. The Balaban J connectivity index is 3.20. The highest BCUT2D eigenvalue weighted by Crippen LogP contribution is 2.32. The Bertz CT molecular complexity index is 368. The van der Waals surface area contributed by atoms with Crippen LogP contribution >= 0.6 is 11.8 Å². The summed E-state index contributed by atoms with van der Waals surface area (Å²) in [5.74, 6) is 0. The Morgan fingerprint density at radius 3 is 2.69 bits per heavy atom. The molecule has 0 amide bonds. The molecule has 0 fully saturated rings. The summed E-state index contributed by atoms with van der Waals surface area (Å²) < 4.78 is 0. The molecule has 1 aliphatic rings. The van der Waals surface area contributed by atoms with Crippen LogP contribution in [0.5, 0.6) is 0 Å². The van der Waals surface area contributed by atoms with Gasteiger partial charge in [0.25, 0.3) is 0 Å². The molecule has 0 spiro atoms. The number of hydrogen-bond acceptors (Lipinski definition) is 5. The molecule has 1 N–H and O–H groups in total. The maximum atomic E-state index is 4.28. The molecule has 0 bridgehead atoms. The number of aliphatic imine (C=N–C) groups is 2. The fourth-order valence-electron chi connectivity index (χ4n) is 1.40. The van der Waals surface area contributed by atoms with Crippen molar-refractivity contribution in [3.05, 3.63) is 23.5 Å². The van der Waals surface area contributed by atoms with E-state index in [9.17, 15) is 0 Å². The van der Waals surface area contributed by atoms with Gasteiger partial charge in [0.2, 0.25) is 0 Å². The monoisotopic (exact) mass is 238 g/mol. The van der Waals surface area contributed by atoms with Crippen LogP contribution in [-0.2, 0) is 0 Å². The molecule has 5 heteroatoms. The van der Waals surface area contributed by atoms with E-state index in [1.54, 1.807) is 25.0 Å². The van der Waals surface area contributed by atoms with Crippen molar-refractivity contribution >= 4 is 22.5 Å². The number of rotatable bonds is 4. The molecule has 1 aliphatic heterocycles. The van der Waals surface area contributed by atoms with Crippen molar-refractivity contribution < 1.29 is 0 Å². The van der Waals surface area contributed by atoms with E-state index < -0.39 is 0 Å². The van der Waals surface area contributed by atoms with Gasteiger partial charge in [-0.3, -0.25) is 9.98 Å². The van der Waals surface area contributed by atoms with Gasteiger partial charge in [0.05, 0.1) is 5.70 Å². The average molecular weight is 238 g/mol. The largest absolute Gasteiger partial charge is 0.384 e. The van der Waals surface area contributed by atoms with Crippen LogP contribution in [0.25, 0.3) is 0 Å². The minimum absolute atomic E-state index is 0.875. The summed E-state index contributed by atoms with van der Waals surface area (Å²) in [7, 11) is 5.74. The third kappa shape index (κ3) is 2.29. The molecule has 88 valence electrons. The smallest absolute Gasteiger partial charge is 0.124 e. The highest BCUT2D eigenvalue weighted by molar-refractivity contribution is 8.19. The standard InChI is InChI=1S/C11H18N4S/c1-6-14-8-9(12-3)11(15(5)7-2)16-10(8)13-4/h6,12H,1,7H2,2-5H3/b13-10+,14-8-. The van der Waals surface area contributed by atoms with E-state index in [2.05, 4.69) is 40.8 Å². The Labute approximate surface area is 101 Å². The quantitative estimate of drug-likeness (QED) is 0.810. The summed E-state index contributed by atoms with van der Waals surface area (Å²) in [5.41, 5.74) is 1.90. The van der Waals surface area contributed by atoms with Crippen LogP contribution in [-0.4, -0.2) is 43.3 Å². The molecule has 0 saturated heterocycles. The first-order valence-corrected chi connectivity index (χ1v) is 5.98. The van der Waals surface area contributed by atoms with Gasteiger partial charge < -0.3 is 10.2 Å². The lowest BCUT2D eigenvalue weighted by Gasteiger charge is -2.18. The van der Waals surface area contributed by atoms with Crippen molar-refractivity contribution in [3.8, 4) is 0 Å². The second-order valence-corrected chi connectivity index (χ2v) is 4.21. The topological polar surface area (TPSA) is 40.0 Å². The Morgan fingerprint density at radius 2 is 2.25 bits per heavy atom. The maximum absolute atomic E-state index is 4.28. The highest BCUT2D eigenvalue weighted by Gasteiger charge is 2.29. The van der Waals surface area contributed by atoms with Crippen LogP contribution in [0.4, 0.5) is 0 Å². The molecule has 0 atom stereocenters. The van der Waals surface area contributed by atoms with E-state index in [-0.39, 0.29) is 0 Å². The molecular weight excluding hydrogens is 220 g/mol.